The molecule has 0 atom stereocenters. The first-order valence-corrected chi connectivity index (χ1v) is 5.42. The third kappa shape index (κ3) is 2.12. The summed E-state index contributed by atoms with van der Waals surface area (Å²) in [5.74, 6) is -1.88. The van der Waals surface area contributed by atoms with Crippen molar-refractivity contribution in [3.8, 4) is 0 Å². The summed E-state index contributed by atoms with van der Waals surface area (Å²) in [6.07, 6.45) is 0. The van der Waals surface area contributed by atoms with Gasteiger partial charge in [0.15, 0.2) is 0 Å². The topological polar surface area (TPSA) is 93.3 Å². The number of halogens is 1. The molecule has 0 bridgehead atoms. The summed E-state index contributed by atoms with van der Waals surface area (Å²) in [4.78, 5) is 26.1. The number of primary amides is 1. The molecule has 1 amide bonds. The van der Waals surface area contributed by atoms with Crippen LogP contribution in [0.15, 0.2) is 28.7 Å². The normalized spacial score (nSPS) is 10.4. The number of fused-ring (bicyclic) bond motifs is 1. The fourth-order valence-corrected chi connectivity index (χ4v) is 1.86. The Balaban J connectivity index is 2.86. The SMILES string of the molecule is NC(=O)c1cc(C(=O)O)c2cc(Br)ccc2n1. The summed E-state index contributed by atoms with van der Waals surface area (Å²) in [5, 5.41) is 9.54. The zero-order chi connectivity index (χ0) is 12.6. The zero-order valence-electron chi connectivity index (χ0n) is 8.48. The summed E-state index contributed by atoms with van der Waals surface area (Å²) in [6, 6.07) is 6.15. The standard InChI is InChI=1S/C11H7BrN2O3/c12-5-1-2-8-6(3-5)7(11(16)17)4-9(14-8)10(13)15/h1-4H,(H2,13,15)(H,16,17). The molecule has 17 heavy (non-hydrogen) atoms. The molecule has 86 valence electrons. The molecule has 0 saturated carbocycles. The lowest BCUT2D eigenvalue weighted by molar-refractivity contribution is 0.0699. The summed E-state index contributed by atoms with van der Waals surface area (Å²) < 4.78 is 0.737. The molecule has 0 aliphatic carbocycles. The molecule has 0 unspecified atom stereocenters. The van der Waals surface area contributed by atoms with Gasteiger partial charge in [-0.05, 0) is 24.3 Å². The van der Waals surface area contributed by atoms with E-state index in [2.05, 4.69) is 20.9 Å². The number of nitrogens with two attached hydrogens (primary N) is 1. The van der Waals surface area contributed by atoms with E-state index >= 15 is 0 Å². The molecular formula is C11H7BrN2O3. The lowest BCUT2D eigenvalue weighted by atomic mass is 10.1. The molecule has 3 N–H and O–H groups in total. The lowest BCUT2D eigenvalue weighted by Crippen LogP contribution is -2.14. The van der Waals surface area contributed by atoms with Gasteiger partial charge in [-0.1, -0.05) is 15.9 Å². The molecule has 0 aliphatic rings. The largest absolute Gasteiger partial charge is 0.478 e. The second-order valence-corrected chi connectivity index (χ2v) is 4.30. The number of aromatic carboxylic acids is 1. The number of pyridine rings is 1. The number of benzene rings is 1. The maximum Gasteiger partial charge on any atom is 0.336 e. The predicted octanol–water partition coefficient (Wildman–Crippen LogP) is 1.79. The minimum atomic E-state index is -1.13. The second kappa shape index (κ2) is 4.14. The minimum absolute atomic E-state index is 0.00472. The van der Waals surface area contributed by atoms with Gasteiger partial charge in [-0.15, -0.1) is 0 Å². The molecule has 0 aliphatic heterocycles. The van der Waals surface area contributed by atoms with Crippen molar-refractivity contribution in [1.29, 1.82) is 0 Å². The Labute approximate surface area is 104 Å². The number of carboxylic acids is 1. The summed E-state index contributed by atoms with van der Waals surface area (Å²) in [6.45, 7) is 0. The lowest BCUT2D eigenvalue weighted by Gasteiger charge is -2.05. The summed E-state index contributed by atoms with van der Waals surface area (Å²) >= 11 is 3.25. The van der Waals surface area contributed by atoms with Gasteiger partial charge in [-0.3, -0.25) is 4.79 Å². The number of aromatic nitrogens is 1. The zero-order valence-corrected chi connectivity index (χ0v) is 10.1. The molecule has 5 nitrogen and oxygen atoms in total. The molecule has 0 saturated heterocycles. The smallest absolute Gasteiger partial charge is 0.336 e. The van der Waals surface area contributed by atoms with Crippen LogP contribution in [0.3, 0.4) is 0 Å². The van der Waals surface area contributed by atoms with Gasteiger partial charge in [0.2, 0.25) is 0 Å². The van der Waals surface area contributed by atoms with Crippen molar-refractivity contribution in [3.05, 3.63) is 40.0 Å². The van der Waals surface area contributed by atoms with Gasteiger partial charge in [-0.2, -0.15) is 0 Å². The van der Waals surface area contributed by atoms with Crippen molar-refractivity contribution in [2.75, 3.05) is 0 Å². The van der Waals surface area contributed by atoms with Gasteiger partial charge in [0.1, 0.15) is 5.69 Å². The molecule has 1 aromatic heterocycles. The fourth-order valence-electron chi connectivity index (χ4n) is 1.50. The molecule has 0 fully saturated rings. The number of carboxylic acid groups (broad SMARTS) is 1. The third-order valence-corrected chi connectivity index (χ3v) is 2.75. The molecular weight excluding hydrogens is 288 g/mol. The monoisotopic (exact) mass is 294 g/mol. The van der Waals surface area contributed by atoms with Crippen molar-refractivity contribution in [2.45, 2.75) is 0 Å². The number of rotatable bonds is 2. The van der Waals surface area contributed by atoms with Gasteiger partial charge < -0.3 is 10.8 Å². The Morgan fingerprint density at radius 2 is 2.00 bits per heavy atom. The van der Waals surface area contributed by atoms with Crippen LogP contribution in [0.4, 0.5) is 0 Å². The molecule has 2 aromatic rings. The molecule has 1 aromatic carbocycles. The van der Waals surface area contributed by atoms with Crippen LogP contribution in [0.5, 0.6) is 0 Å². The predicted molar refractivity (Wildman–Crippen MR) is 64.9 cm³/mol. The van der Waals surface area contributed by atoms with Crippen molar-refractivity contribution >= 4 is 38.7 Å². The first kappa shape index (κ1) is 11.5. The van der Waals surface area contributed by atoms with Crippen LogP contribution in [0, 0.1) is 0 Å². The Morgan fingerprint density at radius 1 is 1.29 bits per heavy atom. The minimum Gasteiger partial charge on any atom is -0.478 e. The molecule has 1 heterocycles. The van der Waals surface area contributed by atoms with E-state index in [9.17, 15) is 9.59 Å². The van der Waals surface area contributed by atoms with Crippen LogP contribution in [0.1, 0.15) is 20.8 Å². The van der Waals surface area contributed by atoms with Gasteiger partial charge >= 0.3 is 5.97 Å². The van der Waals surface area contributed by atoms with Crippen molar-refractivity contribution < 1.29 is 14.7 Å². The molecule has 0 radical (unpaired) electrons. The van der Waals surface area contributed by atoms with Crippen LogP contribution in [-0.2, 0) is 0 Å². The number of carbonyl (C=O) groups excluding carboxylic acids is 1. The highest BCUT2D eigenvalue weighted by atomic mass is 79.9. The van der Waals surface area contributed by atoms with Crippen LogP contribution in [0.25, 0.3) is 10.9 Å². The van der Waals surface area contributed by atoms with Gasteiger partial charge in [0, 0.05) is 9.86 Å². The average molecular weight is 295 g/mol. The number of hydrogen-bond donors (Lipinski definition) is 2. The van der Waals surface area contributed by atoms with Crippen LogP contribution in [-0.4, -0.2) is 22.0 Å². The van der Waals surface area contributed by atoms with E-state index in [0.717, 1.165) is 4.47 Å². The summed E-state index contributed by atoms with van der Waals surface area (Å²) in [7, 11) is 0. The maximum absolute atomic E-state index is 11.1. The highest BCUT2D eigenvalue weighted by molar-refractivity contribution is 9.10. The van der Waals surface area contributed by atoms with E-state index in [1.807, 2.05) is 0 Å². The van der Waals surface area contributed by atoms with Crippen LogP contribution >= 0.6 is 15.9 Å². The van der Waals surface area contributed by atoms with Crippen LogP contribution in [0.2, 0.25) is 0 Å². The first-order valence-electron chi connectivity index (χ1n) is 4.62. The number of hydrogen-bond acceptors (Lipinski definition) is 3. The fraction of sp³-hybridized carbons (Fsp3) is 0. The Bertz CT molecular complexity index is 640. The van der Waals surface area contributed by atoms with Crippen molar-refractivity contribution in [3.63, 3.8) is 0 Å². The van der Waals surface area contributed by atoms with Gasteiger partial charge in [-0.25, -0.2) is 9.78 Å². The highest BCUT2D eigenvalue weighted by Crippen LogP contribution is 2.22. The van der Waals surface area contributed by atoms with Crippen molar-refractivity contribution in [1.82, 2.24) is 4.98 Å². The summed E-state index contributed by atoms with van der Waals surface area (Å²) in [5.41, 5.74) is 5.47. The van der Waals surface area contributed by atoms with Crippen LogP contribution < -0.4 is 5.73 Å². The van der Waals surface area contributed by atoms with Gasteiger partial charge in [0.25, 0.3) is 5.91 Å². The highest BCUT2D eigenvalue weighted by Gasteiger charge is 2.14. The van der Waals surface area contributed by atoms with E-state index in [1.54, 1.807) is 18.2 Å². The molecule has 2 rings (SSSR count). The Hall–Kier alpha value is -1.95. The van der Waals surface area contributed by atoms with E-state index in [0.29, 0.717) is 10.9 Å². The maximum atomic E-state index is 11.1. The van der Waals surface area contributed by atoms with E-state index in [-0.39, 0.29) is 11.3 Å². The van der Waals surface area contributed by atoms with E-state index in [4.69, 9.17) is 10.8 Å². The number of nitrogens with zero attached hydrogens (tertiary/aromatic N) is 1. The number of amides is 1. The van der Waals surface area contributed by atoms with Gasteiger partial charge in [0.05, 0.1) is 11.1 Å². The Morgan fingerprint density at radius 3 is 2.59 bits per heavy atom. The number of carbonyl (C=O) groups is 2. The van der Waals surface area contributed by atoms with Crippen molar-refractivity contribution in [2.24, 2.45) is 5.73 Å². The third-order valence-electron chi connectivity index (χ3n) is 2.25. The van der Waals surface area contributed by atoms with E-state index < -0.39 is 11.9 Å². The quantitative estimate of drug-likeness (QED) is 0.883. The molecule has 0 spiro atoms. The second-order valence-electron chi connectivity index (χ2n) is 3.39. The Kier molecular flexibility index (Phi) is 2.81. The van der Waals surface area contributed by atoms with E-state index in [1.165, 1.54) is 6.07 Å². The average Bonchev–Trinajstić information content (AvgIpc) is 2.27. The molecule has 6 heteroatoms. The first-order chi connectivity index (χ1) is 7.99.